The first-order valence-corrected chi connectivity index (χ1v) is 6.64. The fourth-order valence-electron chi connectivity index (χ4n) is 2.90. The molecule has 1 aliphatic carbocycles. The molecular weight excluding hydrogens is 220 g/mol. The molecule has 2 aliphatic rings. The predicted molar refractivity (Wildman–Crippen MR) is 63.0 cm³/mol. The van der Waals surface area contributed by atoms with Crippen LogP contribution in [0.5, 0.6) is 0 Å². The highest BCUT2D eigenvalue weighted by atomic mass is 16.6. The highest BCUT2D eigenvalue weighted by Crippen LogP contribution is 2.41. The van der Waals surface area contributed by atoms with Crippen LogP contribution in [-0.4, -0.2) is 35.5 Å². The van der Waals surface area contributed by atoms with Crippen molar-refractivity contribution in [3.63, 3.8) is 0 Å². The van der Waals surface area contributed by atoms with Crippen LogP contribution >= 0.6 is 0 Å². The summed E-state index contributed by atoms with van der Waals surface area (Å²) in [5, 5.41) is 8.73. The van der Waals surface area contributed by atoms with Crippen molar-refractivity contribution in [3.8, 4) is 0 Å². The summed E-state index contributed by atoms with van der Waals surface area (Å²) < 4.78 is 11.4. The van der Waals surface area contributed by atoms with E-state index in [2.05, 4.69) is 0 Å². The molecule has 0 amide bonds. The Morgan fingerprint density at radius 3 is 2.76 bits per heavy atom. The van der Waals surface area contributed by atoms with E-state index in [4.69, 9.17) is 14.6 Å². The minimum Gasteiger partial charge on any atom is -0.479 e. The molecule has 1 heterocycles. The summed E-state index contributed by atoms with van der Waals surface area (Å²) in [5.74, 6) is -0.907. The third kappa shape index (κ3) is 3.19. The van der Waals surface area contributed by atoms with Gasteiger partial charge in [-0.05, 0) is 32.6 Å². The van der Waals surface area contributed by atoms with E-state index in [0.717, 1.165) is 25.7 Å². The third-order valence-electron chi connectivity index (χ3n) is 3.98. The zero-order valence-electron chi connectivity index (χ0n) is 10.5. The van der Waals surface area contributed by atoms with Gasteiger partial charge >= 0.3 is 5.97 Å². The average molecular weight is 242 g/mol. The standard InChI is InChI=1S/C13H22O4/c1-10(12(14)15)16-9-11-5-8-13(17-11)6-3-2-4-7-13/h10-11H,2-9H2,1H3,(H,14,15)/t10-,11?/m1/s1. The molecule has 0 aromatic heterocycles. The van der Waals surface area contributed by atoms with E-state index in [1.165, 1.54) is 19.3 Å². The highest BCUT2D eigenvalue weighted by Gasteiger charge is 2.40. The van der Waals surface area contributed by atoms with Crippen LogP contribution in [0, 0.1) is 0 Å². The summed E-state index contributed by atoms with van der Waals surface area (Å²) in [6.45, 7) is 1.98. The number of carboxylic acids is 1. The van der Waals surface area contributed by atoms with Crippen molar-refractivity contribution in [2.24, 2.45) is 0 Å². The fraction of sp³-hybridized carbons (Fsp3) is 0.923. The van der Waals surface area contributed by atoms with Crippen molar-refractivity contribution < 1.29 is 19.4 Å². The van der Waals surface area contributed by atoms with Crippen LogP contribution in [0.4, 0.5) is 0 Å². The van der Waals surface area contributed by atoms with Crippen LogP contribution < -0.4 is 0 Å². The number of rotatable bonds is 4. The maximum Gasteiger partial charge on any atom is 0.332 e. The molecule has 98 valence electrons. The predicted octanol–water partition coefficient (Wildman–Crippen LogP) is 2.36. The molecule has 2 fully saturated rings. The smallest absolute Gasteiger partial charge is 0.332 e. The molecule has 1 saturated heterocycles. The monoisotopic (exact) mass is 242 g/mol. The van der Waals surface area contributed by atoms with Gasteiger partial charge in [-0.15, -0.1) is 0 Å². The molecule has 0 radical (unpaired) electrons. The van der Waals surface area contributed by atoms with E-state index in [0.29, 0.717) is 6.61 Å². The Labute approximate surface area is 102 Å². The maximum atomic E-state index is 10.6. The first-order chi connectivity index (χ1) is 8.11. The van der Waals surface area contributed by atoms with E-state index >= 15 is 0 Å². The first-order valence-electron chi connectivity index (χ1n) is 6.64. The molecule has 4 heteroatoms. The molecule has 1 spiro atoms. The Hall–Kier alpha value is -0.610. The van der Waals surface area contributed by atoms with Crippen LogP contribution in [0.2, 0.25) is 0 Å². The van der Waals surface area contributed by atoms with Gasteiger partial charge in [0.1, 0.15) is 0 Å². The lowest BCUT2D eigenvalue weighted by atomic mass is 9.83. The van der Waals surface area contributed by atoms with Gasteiger partial charge in [0.2, 0.25) is 0 Å². The second-order valence-corrected chi connectivity index (χ2v) is 5.34. The minimum atomic E-state index is -0.907. The van der Waals surface area contributed by atoms with Crippen LogP contribution in [0.15, 0.2) is 0 Å². The summed E-state index contributed by atoms with van der Waals surface area (Å²) in [6, 6.07) is 0. The molecule has 0 aromatic rings. The van der Waals surface area contributed by atoms with Crippen LogP contribution in [0.1, 0.15) is 51.9 Å². The van der Waals surface area contributed by atoms with Crippen molar-refractivity contribution in [1.29, 1.82) is 0 Å². The van der Waals surface area contributed by atoms with Crippen molar-refractivity contribution in [2.75, 3.05) is 6.61 Å². The molecule has 0 bridgehead atoms. The van der Waals surface area contributed by atoms with Crippen molar-refractivity contribution >= 4 is 5.97 Å². The molecule has 1 unspecified atom stereocenters. The van der Waals surface area contributed by atoms with Crippen molar-refractivity contribution in [3.05, 3.63) is 0 Å². The number of carboxylic acid groups (broad SMARTS) is 1. The second-order valence-electron chi connectivity index (χ2n) is 5.34. The topological polar surface area (TPSA) is 55.8 Å². The summed E-state index contributed by atoms with van der Waals surface area (Å²) in [4.78, 5) is 10.6. The van der Waals surface area contributed by atoms with Crippen molar-refractivity contribution in [2.45, 2.75) is 69.7 Å². The number of hydrogen-bond donors (Lipinski definition) is 1. The van der Waals surface area contributed by atoms with Crippen molar-refractivity contribution in [1.82, 2.24) is 0 Å². The largest absolute Gasteiger partial charge is 0.479 e. The Morgan fingerprint density at radius 2 is 2.12 bits per heavy atom. The van der Waals surface area contributed by atoms with E-state index in [9.17, 15) is 4.79 Å². The molecule has 2 atom stereocenters. The van der Waals surface area contributed by atoms with Gasteiger partial charge in [-0.1, -0.05) is 19.3 Å². The second kappa shape index (κ2) is 5.36. The molecule has 1 saturated carbocycles. The van der Waals surface area contributed by atoms with Crippen LogP contribution in [0.3, 0.4) is 0 Å². The number of aliphatic carboxylic acids is 1. The molecule has 0 aromatic carbocycles. The van der Waals surface area contributed by atoms with Gasteiger partial charge in [0, 0.05) is 0 Å². The van der Waals surface area contributed by atoms with Crippen LogP contribution in [-0.2, 0) is 14.3 Å². The first kappa shape index (κ1) is 12.8. The van der Waals surface area contributed by atoms with Gasteiger partial charge in [0.15, 0.2) is 6.10 Å². The number of ether oxygens (including phenoxy) is 2. The van der Waals surface area contributed by atoms with Crippen LogP contribution in [0.25, 0.3) is 0 Å². The number of hydrogen-bond acceptors (Lipinski definition) is 3. The maximum absolute atomic E-state index is 10.6. The zero-order valence-corrected chi connectivity index (χ0v) is 10.5. The Kier molecular flexibility index (Phi) is 4.05. The molecule has 17 heavy (non-hydrogen) atoms. The Bertz CT molecular complexity index is 271. The quantitative estimate of drug-likeness (QED) is 0.822. The van der Waals surface area contributed by atoms with Gasteiger partial charge in [-0.3, -0.25) is 0 Å². The molecule has 2 rings (SSSR count). The van der Waals surface area contributed by atoms with E-state index < -0.39 is 12.1 Å². The summed E-state index contributed by atoms with van der Waals surface area (Å²) in [6.07, 6.45) is 7.65. The van der Waals surface area contributed by atoms with Gasteiger partial charge in [0.05, 0.1) is 18.3 Å². The molecular formula is C13H22O4. The highest BCUT2D eigenvalue weighted by molar-refractivity contribution is 5.71. The lowest BCUT2D eigenvalue weighted by molar-refractivity contribution is -0.153. The lowest BCUT2D eigenvalue weighted by Crippen LogP contribution is -2.33. The number of carbonyl (C=O) groups is 1. The average Bonchev–Trinajstić information content (AvgIpc) is 2.70. The Morgan fingerprint density at radius 1 is 1.41 bits per heavy atom. The van der Waals surface area contributed by atoms with Gasteiger partial charge in [-0.25, -0.2) is 4.79 Å². The van der Waals surface area contributed by atoms with Gasteiger partial charge in [-0.2, -0.15) is 0 Å². The lowest BCUT2D eigenvalue weighted by Gasteiger charge is -2.33. The van der Waals surface area contributed by atoms with Gasteiger partial charge < -0.3 is 14.6 Å². The Balaban J connectivity index is 1.76. The molecule has 1 aliphatic heterocycles. The fourth-order valence-corrected chi connectivity index (χ4v) is 2.90. The minimum absolute atomic E-state index is 0.0925. The third-order valence-corrected chi connectivity index (χ3v) is 3.98. The molecule has 4 nitrogen and oxygen atoms in total. The summed E-state index contributed by atoms with van der Waals surface area (Å²) in [5.41, 5.74) is 0.0960. The van der Waals surface area contributed by atoms with E-state index in [1.807, 2.05) is 0 Å². The molecule has 1 N–H and O–H groups in total. The van der Waals surface area contributed by atoms with Gasteiger partial charge in [0.25, 0.3) is 0 Å². The van der Waals surface area contributed by atoms with E-state index in [1.54, 1.807) is 6.92 Å². The summed E-state index contributed by atoms with van der Waals surface area (Å²) in [7, 11) is 0. The normalized spacial score (nSPS) is 29.4. The van der Waals surface area contributed by atoms with E-state index in [-0.39, 0.29) is 11.7 Å². The SMILES string of the molecule is C[C@@H](OCC1CCC2(CCCCC2)O1)C(=O)O. The summed E-state index contributed by atoms with van der Waals surface area (Å²) >= 11 is 0. The zero-order chi connectivity index (χ0) is 12.3.